The molecule has 1 aliphatic rings. The molecule has 3 rings (SSSR count). The van der Waals surface area contributed by atoms with Crippen LogP contribution in [0.5, 0.6) is 0 Å². The maximum absolute atomic E-state index is 12.3. The van der Waals surface area contributed by atoms with E-state index in [9.17, 15) is 9.59 Å². The number of carbonyl (C=O) groups is 2. The summed E-state index contributed by atoms with van der Waals surface area (Å²) in [5.74, 6) is -0.596. The van der Waals surface area contributed by atoms with E-state index in [4.69, 9.17) is 4.42 Å². The third kappa shape index (κ3) is 5.20. The first-order chi connectivity index (χ1) is 13.0. The van der Waals surface area contributed by atoms with E-state index in [0.29, 0.717) is 11.6 Å². The second-order valence-corrected chi connectivity index (χ2v) is 7.21. The SMILES string of the molecule is CC(NC(=O)c1ccoc1)C(=O)Nc1ccc(CN2CCCCC2C)cc1. The van der Waals surface area contributed by atoms with Crippen LogP contribution in [0.3, 0.4) is 0 Å². The highest BCUT2D eigenvalue weighted by Crippen LogP contribution is 2.20. The number of benzene rings is 1. The number of hydrogen-bond donors (Lipinski definition) is 2. The first-order valence-electron chi connectivity index (χ1n) is 9.50. The molecule has 1 aliphatic heterocycles. The number of anilines is 1. The van der Waals surface area contributed by atoms with Crippen molar-refractivity contribution < 1.29 is 14.0 Å². The first kappa shape index (κ1) is 19.2. The number of piperidine rings is 1. The van der Waals surface area contributed by atoms with Gasteiger partial charge in [0.1, 0.15) is 12.3 Å². The molecule has 2 N–H and O–H groups in total. The van der Waals surface area contributed by atoms with E-state index in [-0.39, 0.29) is 11.8 Å². The molecule has 0 bridgehead atoms. The molecule has 0 radical (unpaired) electrons. The molecule has 0 aliphatic carbocycles. The van der Waals surface area contributed by atoms with Gasteiger partial charge >= 0.3 is 0 Å². The summed E-state index contributed by atoms with van der Waals surface area (Å²) < 4.78 is 4.88. The number of likely N-dealkylation sites (tertiary alicyclic amines) is 1. The maximum Gasteiger partial charge on any atom is 0.255 e. The lowest BCUT2D eigenvalue weighted by Gasteiger charge is -2.33. The molecular weight excluding hydrogens is 342 g/mol. The lowest BCUT2D eigenvalue weighted by molar-refractivity contribution is -0.117. The maximum atomic E-state index is 12.3. The van der Waals surface area contributed by atoms with Gasteiger partial charge in [-0.3, -0.25) is 14.5 Å². The minimum Gasteiger partial charge on any atom is -0.472 e. The lowest BCUT2D eigenvalue weighted by atomic mass is 10.0. The predicted octanol–water partition coefficient (Wildman–Crippen LogP) is 3.41. The van der Waals surface area contributed by atoms with Crippen molar-refractivity contribution >= 4 is 17.5 Å². The standard InChI is InChI=1S/C21H27N3O3/c1-15-5-3-4-11-24(15)13-17-6-8-19(9-7-17)23-20(25)16(2)22-21(26)18-10-12-27-14-18/h6-10,12,14-16H,3-5,11,13H2,1-2H3,(H,22,26)(H,23,25). The second-order valence-electron chi connectivity index (χ2n) is 7.21. The smallest absolute Gasteiger partial charge is 0.255 e. The molecular formula is C21H27N3O3. The molecule has 0 saturated carbocycles. The van der Waals surface area contributed by atoms with E-state index in [2.05, 4.69) is 22.5 Å². The van der Waals surface area contributed by atoms with E-state index < -0.39 is 6.04 Å². The Morgan fingerprint density at radius 1 is 1.22 bits per heavy atom. The topological polar surface area (TPSA) is 74.6 Å². The highest BCUT2D eigenvalue weighted by Gasteiger charge is 2.19. The van der Waals surface area contributed by atoms with Gasteiger partial charge in [-0.1, -0.05) is 18.6 Å². The molecule has 1 fully saturated rings. The third-order valence-electron chi connectivity index (χ3n) is 5.07. The number of amides is 2. The summed E-state index contributed by atoms with van der Waals surface area (Å²) in [5, 5.41) is 5.50. The van der Waals surface area contributed by atoms with Gasteiger partial charge in [0, 0.05) is 18.3 Å². The van der Waals surface area contributed by atoms with Crippen LogP contribution in [-0.4, -0.2) is 35.3 Å². The van der Waals surface area contributed by atoms with Crippen LogP contribution in [0.1, 0.15) is 49.0 Å². The number of nitrogens with one attached hydrogen (secondary N) is 2. The monoisotopic (exact) mass is 369 g/mol. The molecule has 2 atom stereocenters. The van der Waals surface area contributed by atoms with Crippen molar-refractivity contribution in [2.45, 2.75) is 51.7 Å². The Bertz CT molecular complexity index is 755. The highest BCUT2D eigenvalue weighted by atomic mass is 16.3. The third-order valence-corrected chi connectivity index (χ3v) is 5.07. The first-order valence-corrected chi connectivity index (χ1v) is 9.50. The van der Waals surface area contributed by atoms with E-state index in [0.717, 1.165) is 18.8 Å². The second kappa shape index (κ2) is 8.86. The van der Waals surface area contributed by atoms with E-state index in [1.54, 1.807) is 13.0 Å². The molecule has 2 heterocycles. The zero-order chi connectivity index (χ0) is 19.2. The van der Waals surface area contributed by atoms with Crippen LogP contribution < -0.4 is 10.6 Å². The summed E-state index contributed by atoms with van der Waals surface area (Å²) in [6, 6.07) is 9.44. The summed E-state index contributed by atoms with van der Waals surface area (Å²) >= 11 is 0. The molecule has 2 amide bonds. The fraction of sp³-hybridized carbons (Fsp3) is 0.429. The molecule has 27 heavy (non-hydrogen) atoms. The molecule has 6 heteroatoms. The van der Waals surface area contributed by atoms with Gasteiger partial charge in [-0.05, 0) is 57.0 Å². The molecule has 6 nitrogen and oxygen atoms in total. The molecule has 144 valence electrons. The van der Waals surface area contributed by atoms with E-state index >= 15 is 0 Å². The van der Waals surface area contributed by atoms with Crippen molar-refractivity contribution in [1.82, 2.24) is 10.2 Å². The van der Waals surface area contributed by atoms with Crippen molar-refractivity contribution in [2.24, 2.45) is 0 Å². The van der Waals surface area contributed by atoms with Gasteiger partial charge in [-0.2, -0.15) is 0 Å². The van der Waals surface area contributed by atoms with Crippen LogP contribution in [0.15, 0.2) is 47.3 Å². The number of nitrogens with zero attached hydrogens (tertiary/aromatic N) is 1. The molecule has 1 aromatic heterocycles. The van der Waals surface area contributed by atoms with E-state index in [1.807, 2.05) is 24.3 Å². The Morgan fingerprint density at radius 2 is 2.00 bits per heavy atom. The molecule has 1 saturated heterocycles. The van der Waals surface area contributed by atoms with Crippen LogP contribution >= 0.6 is 0 Å². The molecule has 1 aromatic carbocycles. The van der Waals surface area contributed by atoms with Crippen LogP contribution in [0, 0.1) is 0 Å². The molecule has 2 unspecified atom stereocenters. The average molecular weight is 369 g/mol. The van der Waals surface area contributed by atoms with Crippen molar-refractivity contribution in [1.29, 1.82) is 0 Å². The van der Waals surface area contributed by atoms with Gasteiger partial charge in [-0.15, -0.1) is 0 Å². The van der Waals surface area contributed by atoms with Crippen molar-refractivity contribution in [3.63, 3.8) is 0 Å². The summed E-state index contributed by atoms with van der Waals surface area (Å²) in [5.41, 5.74) is 2.36. The predicted molar refractivity (Wildman–Crippen MR) is 104 cm³/mol. The number of rotatable bonds is 6. The Labute approximate surface area is 159 Å². The Hall–Kier alpha value is -2.60. The van der Waals surface area contributed by atoms with Crippen LogP contribution in [0.4, 0.5) is 5.69 Å². The quantitative estimate of drug-likeness (QED) is 0.818. The van der Waals surface area contributed by atoms with Gasteiger partial charge in [0.2, 0.25) is 5.91 Å². The largest absolute Gasteiger partial charge is 0.472 e. The van der Waals surface area contributed by atoms with Gasteiger partial charge < -0.3 is 15.1 Å². The Morgan fingerprint density at radius 3 is 2.67 bits per heavy atom. The fourth-order valence-corrected chi connectivity index (χ4v) is 3.31. The molecule has 2 aromatic rings. The highest BCUT2D eigenvalue weighted by molar-refractivity contribution is 6.00. The minimum absolute atomic E-state index is 0.260. The van der Waals surface area contributed by atoms with Gasteiger partial charge in [0.15, 0.2) is 0 Å². The summed E-state index contributed by atoms with van der Waals surface area (Å²) in [7, 11) is 0. The Balaban J connectivity index is 1.51. The molecule has 0 spiro atoms. The lowest BCUT2D eigenvalue weighted by Crippen LogP contribution is -2.41. The summed E-state index contributed by atoms with van der Waals surface area (Å²) in [6.07, 6.45) is 6.61. The van der Waals surface area contributed by atoms with Gasteiger partial charge in [0.05, 0.1) is 11.8 Å². The van der Waals surface area contributed by atoms with Gasteiger partial charge in [0.25, 0.3) is 5.91 Å². The van der Waals surface area contributed by atoms with Crippen molar-refractivity contribution in [3.8, 4) is 0 Å². The number of carbonyl (C=O) groups excluding carboxylic acids is 2. The Kier molecular flexibility index (Phi) is 6.29. The van der Waals surface area contributed by atoms with Gasteiger partial charge in [-0.25, -0.2) is 0 Å². The van der Waals surface area contributed by atoms with E-state index in [1.165, 1.54) is 37.4 Å². The average Bonchev–Trinajstić information content (AvgIpc) is 3.20. The van der Waals surface area contributed by atoms with Crippen molar-refractivity contribution in [2.75, 3.05) is 11.9 Å². The van der Waals surface area contributed by atoms with Crippen LogP contribution in [0.2, 0.25) is 0 Å². The minimum atomic E-state index is -0.652. The zero-order valence-electron chi connectivity index (χ0n) is 15.9. The fourth-order valence-electron chi connectivity index (χ4n) is 3.31. The summed E-state index contributed by atoms with van der Waals surface area (Å²) in [6.45, 7) is 6.02. The number of furan rings is 1. The zero-order valence-corrected chi connectivity index (χ0v) is 15.9. The normalized spacial score (nSPS) is 18.7. The van der Waals surface area contributed by atoms with Crippen molar-refractivity contribution in [3.05, 3.63) is 54.0 Å². The summed E-state index contributed by atoms with van der Waals surface area (Å²) in [4.78, 5) is 26.8. The van der Waals surface area contributed by atoms with Crippen LogP contribution in [0.25, 0.3) is 0 Å². The van der Waals surface area contributed by atoms with Crippen LogP contribution in [-0.2, 0) is 11.3 Å². The number of hydrogen-bond acceptors (Lipinski definition) is 4.